The number of anilines is 1. The summed E-state index contributed by atoms with van der Waals surface area (Å²) in [6, 6.07) is 13.8. The van der Waals surface area contributed by atoms with Crippen LogP contribution in [0.2, 0.25) is 0 Å². The van der Waals surface area contributed by atoms with Crippen LogP contribution in [0.5, 0.6) is 0 Å². The third kappa shape index (κ3) is 4.73. The van der Waals surface area contributed by atoms with Crippen LogP contribution in [-0.2, 0) is 10.9 Å². The van der Waals surface area contributed by atoms with Gasteiger partial charge in [0, 0.05) is 29.3 Å². The summed E-state index contributed by atoms with van der Waals surface area (Å²) in [6.07, 6.45) is -3.33. The fourth-order valence-corrected chi connectivity index (χ4v) is 4.52. The Labute approximate surface area is 180 Å². The molecule has 0 aliphatic carbocycles. The molecule has 0 radical (unpaired) electrons. The summed E-state index contributed by atoms with van der Waals surface area (Å²) >= 11 is 0. The molecule has 2 aromatic rings. The van der Waals surface area contributed by atoms with Crippen LogP contribution in [0.1, 0.15) is 55.5 Å². The van der Waals surface area contributed by atoms with Gasteiger partial charge in [-0.1, -0.05) is 30.3 Å². The number of alkyl halides is 3. The SMILES string of the molecule is CC(C)(CO)NC[C@H]1CC[C@@H]2[C@H](O1)c1cc(C(F)(F)F)ccc1N[C@H]2c1ccccc1. The minimum Gasteiger partial charge on any atom is -0.394 e. The van der Waals surface area contributed by atoms with Crippen molar-refractivity contribution in [3.8, 4) is 0 Å². The van der Waals surface area contributed by atoms with Gasteiger partial charge in [0.1, 0.15) is 0 Å². The molecule has 1 fully saturated rings. The minimum atomic E-state index is -4.40. The van der Waals surface area contributed by atoms with Gasteiger partial charge in [-0.3, -0.25) is 0 Å². The maximum Gasteiger partial charge on any atom is 0.416 e. The number of ether oxygens (including phenoxy) is 1. The van der Waals surface area contributed by atoms with Crippen molar-refractivity contribution in [1.82, 2.24) is 5.32 Å². The predicted octanol–water partition coefficient (Wildman–Crippen LogP) is 5.07. The van der Waals surface area contributed by atoms with Crippen LogP contribution in [0.25, 0.3) is 0 Å². The van der Waals surface area contributed by atoms with E-state index < -0.39 is 23.4 Å². The summed E-state index contributed by atoms with van der Waals surface area (Å²) in [5.74, 6) is 0.0282. The standard InChI is InChI=1S/C24H29F3N2O2/c1-23(2,14-30)28-13-17-9-10-18-21(15-6-4-3-5-7-15)29-20-11-8-16(24(25,26)27)12-19(20)22(18)31-17/h3-8,11-12,17-18,21-22,28-30H,9-10,13-14H2,1-2H3/t17-,18+,21+,22+/m1/s1. The third-order valence-electron chi connectivity index (χ3n) is 6.34. The summed E-state index contributed by atoms with van der Waals surface area (Å²) in [4.78, 5) is 0. The Kier molecular flexibility index (Phi) is 6.03. The van der Waals surface area contributed by atoms with Gasteiger partial charge in [0.15, 0.2) is 0 Å². The molecule has 0 spiro atoms. The van der Waals surface area contributed by atoms with E-state index in [4.69, 9.17) is 4.74 Å². The van der Waals surface area contributed by atoms with Crippen LogP contribution in [0.3, 0.4) is 0 Å². The zero-order chi connectivity index (χ0) is 22.2. The Morgan fingerprint density at radius 1 is 1.10 bits per heavy atom. The van der Waals surface area contributed by atoms with E-state index in [-0.39, 0.29) is 24.7 Å². The molecule has 3 N–H and O–H groups in total. The van der Waals surface area contributed by atoms with E-state index in [0.717, 1.165) is 24.5 Å². The average Bonchev–Trinajstić information content (AvgIpc) is 2.76. The Hall–Kier alpha value is -2.09. The Morgan fingerprint density at radius 2 is 1.84 bits per heavy atom. The van der Waals surface area contributed by atoms with Gasteiger partial charge in [-0.05, 0) is 50.5 Å². The van der Waals surface area contributed by atoms with E-state index in [1.54, 1.807) is 0 Å². The van der Waals surface area contributed by atoms with Gasteiger partial charge in [-0.15, -0.1) is 0 Å². The number of nitrogens with one attached hydrogen (secondary N) is 2. The first kappa shape index (κ1) is 22.1. The summed E-state index contributed by atoms with van der Waals surface area (Å²) in [7, 11) is 0. The first-order chi connectivity index (χ1) is 14.7. The first-order valence-electron chi connectivity index (χ1n) is 10.7. The van der Waals surface area contributed by atoms with Crippen LogP contribution in [0.4, 0.5) is 18.9 Å². The highest BCUT2D eigenvalue weighted by molar-refractivity contribution is 5.58. The van der Waals surface area contributed by atoms with Gasteiger partial charge in [-0.2, -0.15) is 13.2 Å². The maximum atomic E-state index is 13.4. The molecule has 4 atom stereocenters. The smallest absolute Gasteiger partial charge is 0.394 e. The lowest BCUT2D eigenvalue weighted by Crippen LogP contribution is -2.49. The fourth-order valence-electron chi connectivity index (χ4n) is 4.52. The van der Waals surface area contributed by atoms with E-state index in [1.807, 2.05) is 44.2 Å². The molecular weight excluding hydrogens is 405 g/mol. The van der Waals surface area contributed by atoms with Crippen molar-refractivity contribution in [3.05, 3.63) is 65.2 Å². The molecule has 1 saturated heterocycles. The number of rotatable bonds is 5. The lowest BCUT2D eigenvalue weighted by atomic mass is 9.76. The summed E-state index contributed by atoms with van der Waals surface area (Å²) in [5.41, 5.74) is 1.26. The number of aliphatic hydroxyl groups excluding tert-OH is 1. The van der Waals surface area contributed by atoms with Crippen LogP contribution >= 0.6 is 0 Å². The second-order valence-corrected chi connectivity index (χ2v) is 9.18. The van der Waals surface area contributed by atoms with Crippen molar-refractivity contribution >= 4 is 5.69 Å². The number of halogens is 3. The Bertz CT molecular complexity index is 901. The molecule has 2 aromatic carbocycles. The topological polar surface area (TPSA) is 53.5 Å². The monoisotopic (exact) mass is 434 g/mol. The van der Waals surface area contributed by atoms with Crippen LogP contribution in [-0.4, -0.2) is 29.9 Å². The molecule has 0 saturated carbocycles. The number of fused-ring (bicyclic) bond motifs is 3. The zero-order valence-electron chi connectivity index (χ0n) is 17.7. The highest BCUT2D eigenvalue weighted by Gasteiger charge is 2.43. The van der Waals surface area contributed by atoms with Crippen LogP contribution in [0, 0.1) is 5.92 Å². The number of aliphatic hydroxyl groups is 1. The van der Waals surface area contributed by atoms with E-state index in [0.29, 0.717) is 17.8 Å². The predicted molar refractivity (Wildman–Crippen MR) is 114 cm³/mol. The molecule has 0 aromatic heterocycles. The van der Waals surface area contributed by atoms with Gasteiger partial charge < -0.3 is 20.5 Å². The summed E-state index contributed by atoms with van der Waals surface area (Å²) < 4.78 is 46.6. The molecule has 0 amide bonds. The van der Waals surface area contributed by atoms with E-state index in [1.165, 1.54) is 12.1 Å². The molecule has 4 rings (SSSR count). The molecule has 2 heterocycles. The zero-order valence-corrected chi connectivity index (χ0v) is 17.7. The normalized spacial score (nSPS) is 26.0. The average molecular weight is 435 g/mol. The Balaban J connectivity index is 1.65. The number of benzene rings is 2. The molecule has 0 unspecified atom stereocenters. The molecule has 168 valence electrons. The molecule has 31 heavy (non-hydrogen) atoms. The molecule has 7 heteroatoms. The van der Waals surface area contributed by atoms with Gasteiger partial charge in [0.05, 0.1) is 30.4 Å². The summed E-state index contributed by atoms with van der Waals surface area (Å²) in [6.45, 7) is 4.33. The van der Waals surface area contributed by atoms with Crippen molar-refractivity contribution in [2.24, 2.45) is 5.92 Å². The van der Waals surface area contributed by atoms with Crippen molar-refractivity contribution in [2.45, 2.75) is 56.7 Å². The Morgan fingerprint density at radius 3 is 2.52 bits per heavy atom. The summed E-state index contributed by atoms with van der Waals surface area (Å²) in [5, 5.41) is 16.3. The largest absolute Gasteiger partial charge is 0.416 e. The van der Waals surface area contributed by atoms with Crippen molar-refractivity contribution in [1.29, 1.82) is 0 Å². The third-order valence-corrected chi connectivity index (χ3v) is 6.34. The van der Waals surface area contributed by atoms with E-state index in [2.05, 4.69) is 10.6 Å². The number of hydrogen-bond acceptors (Lipinski definition) is 4. The van der Waals surface area contributed by atoms with Gasteiger partial charge in [0.2, 0.25) is 0 Å². The second kappa shape index (κ2) is 8.45. The van der Waals surface area contributed by atoms with Crippen molar-refractivity contribution in [3.63, 3.8) is 0 Å². The quantitative estimate of drug-likeness (QED) is 0.615. The lowest BCUT2D eigenvalue weighted by molar-refractivity contribution is -0.138. The van der Waals surface area contributed by atoms with Gasteiger partial charge in [-0.25, -0.2) is 0 Å². The van der Waals surface area contributed by atoms with Crippen LogP contribution < -0.4 is 10.6 Å². The molecular formula is C24H29F3N2O2. The van der Waals surface area contributed by atoms with Crippen molar-refractivity contribution < 1.29 is 23.0 Å². The second-order valence-electron chi connectivity index (χ2n) is 9.18. The highest BCUT2D eigenvalue weighted by Crippen LogP contribution is 2.51. The number of hydrogen-bond donors (Lipinski definition) is 3. The van der Waals surface area contributed by atoms with E-state index in [9.17, 15) is 18.3 Å². The molecule has 0 bridgehead atoms. The van der Waals surface area contributed by atoms with Gasteiger partial charge in [0.25, 0.3) is 0 Å². The highest BCUT2D eigenvalue weighted by atomic mass is 19.4. The lowest BCUT2D eigenvalue weighted by Gasteiger charge is -2.46. The first-order valence-corrected chi connectivity index (χ1v) is 10.7. The molecule has 2 aliphatic rings. The van der Waals surface area contributed by atoms with E-state index >= 15 is 0 Å². The van der Waals surface area contributed by atoms with Crippen LogP contribution in [0.15, 0.2) is 48.5 Å². The molecule has 2 aliphatic heterocycles. The fraction of sp³-hybridized carbons (Fsp3) is 0.500. The van der Waals surface area contributed by atoms with Crippen molar-refractivity contribution in [2.75, 3.05) is 18.5 Å². The minimum absolute atomic E-state index is 0.0104. The maximum absolute atomic E-state index is 13.4. The van der Waals surface area contributed by atoms with Gasteiger partial charge >= 0.3 is 6.18 Å². The molecule has 4 nitrogen and oxygen atoms in total.